The number of halogens is 2. The van der Waals surface area contributed by atoms with E-state index in [0.717, 1.165) is 27.5 Å². The van der Waals surface area contributed by atoms with E-state index in [2.05, 4.69) is 10.6 Å². The van der Waals surface area contributed by atoms with Gasteiger partial charge in [-0.15, -0.1) is 0 Å². The number of rotatable bonds is 5. The zero-order chi connectivity index (χ0) is 24.0. The quantitative estimate of drug-likeness (QED) is 0.327. The summed E-state index contributed by atoms with van der Waals surface area (Å²) < 4.78 is 2.06. The fourth-order valence-electron chi connectivity index (χ4n) is 4.35. The van der Waals surface area contributed by atoms with E-state index in [9.17, 15) is 9.59 Å². The number of amides is 2. The van der Waals surface area contributed by atoms with Gasteiger partial charge in [0.05, 0.1) is 11.0 Å². The first kappa shape index (κ1) is 22.0. The van der Waals surface area contributed by atoms with Gasteiger partial charge < -0.3 is 16.0 Å². The number of nitrogens with zero attached hydrogens (tertiary/aromatic N) is 1. The summed E-state index contributed by atoms with van der Waals surface area (Å²) in [7, 11) is 0. The van der Waals surface area contributed by atoms with Crippen LogP contribution >= 0.6 is 23.2 Å². The van der Waals surface area contributed by atoms with Gasteiger partial charge in [-0.1, -0.05) is 47.5 Å². The minimum absolute atomic E-state index is 0.409. The van der Waals surface area contributed by atoms with E-state index in [4.69, 9.17) is 34.7 Å². The summed E-state index contributed by atoms with van der Waals surface area (Å²) in [6.45, 7) is 0.427. The largest absolute Gasteiger partial charge is 0.366 e. The first-order valence-corrected chi connectivity index (χ1v) is 11.2. The number of primary amides is 2. The highest BCUT2D eigenvalue weighted by Crippen LogP contribution is 2.39. The van der Waals surface area contributed by atoms with Gasteiger partial charge in [-0.25, -0.2) is 0 Å². The second-order valence-electron chi connectivity index (χ2n) is 7.96. The van der Waals surface area contributed by atoms with Gasteiger partial charge in [0.15, 0.2) is 0 Å². The van der Waals surface area contributed by atoms with Crippen molar-refractivity contribution in [3.63, 3.8) is 0 Å². The molecule has 0 unspecified atom stereocenters. The van der Waals surface area contributed by atoms with Crippen molar-refractivity contribution in [2.24, 2.45) is 11.5 Å². The molecule has 0 aliphatic rings. The Morgan fingerprint density at radius 2 is 1.56 bits per heavy atom. The smallest absolute Gasteiger partial charge is 0.249 e. The Balaban J connectivity index is 1.81. The number of fused-ring (bicyclic) bond motifs is 3. The number of hydrogen-bond donors (Lipinski definition) is 2. The van der Waals surface area contributed by atoms with Gasteiger partial charge in [0.1, 0.15) is 0 Å². The standard InChI is InChI=1S/C27H18Cl2N3O2/c28-20-7-3-8-21(29)24(20)16-10-11-18-23(13-16)32(14-15-4-1-5-17(12-15)26(30)33)22-9-2-6-19(25(18)22)27(31)34/h1-10,12-13H,14H2,(H2,30,33)(H2,31,34). The zero-order valence-electron chi connectivity index (χ0n) is 17.8. The number of hydrogen-bond acceptors (Lipinski definition) is 2. The summed E-state index contributed by atoms with van der Waals surface area (Å²) in [6, 6.07) is 25.0. The van der Waals surface area contributed by atoms with E-state index in [0.29, 0.717) is 38.7 Å². The van der Waals surface area contributed by atoms with Crippen LogP contribution < -0.4 is 11.5 Å². The molecule has 7 heteroatoms. The molecule has 167 valence electrons. The van der Waals surface area contributed by atoms with Gasteiger partial charge in [-0.3, -0.25) is 9.59 Å². The summed E-state index contributed by atoms with van der Waals surface area (Å²) >= 11 is 12.9. The molecule has 34 heavy (non-hydrogen) atoms. The number of benzene rings is 4. The van der Waals surface area contributed by atoms with Crippen LogP contribution in [0.1, 0.15) is 26.3 Å². The maximum atomic E-state index is 12.2. The number of carbonyl (C=O) groups is 2. The molecule has 0 bridgehead atoms. The topological polar surface area (TPSA) is 91.1 Å². The number of aromatic nitrogens is 1. The minimum atomic E-state index is -0.521. The predicted molar refractivity (Wildman–Crippen MR) is 136 cm³/mol. The van der Waals surface area contributed by atoms with E-state index < -0.39 is 11.8 Å². The van der Waals surface area contributed by atoms with Crippen LogP contribution in [0.15, 0.2) is 72.8 Å². The van der Waals surface area contributed by atoms with Gasteiger partial charge in [-0.2, -0.15) is 0 Å². The molecule has 0 aliphatic carbocycles. The molecule has 0 aliphatic heterocycles. The van der Waals surface area contributed by atoms with Crippen molar-refractivity contribution < 1.29 is 9.59 Å². The van der Waals surface area contributed by atoms with E-state index in [1.165, 1.54) is 0 Å². The first-order valence-electron chi connectivity index (χ1n) is 10.4. The summed E-state index contributed by atoms with van der Waals surface area (Å²) in [6.07, 6.45) is 0. The third kappa shape index (κ3) is 3.69. The second-order valence-corrected chi connectivity index (χ2v) is 8.77. The van der Waals surface area contributed by atoms with Crippen LogP contribution in [-0.2, 0) is 6.54 Å². The van der Waals surface area contributed by atoms with Gasteiger partial charge in [-0.05, 0) is 65.7 Å². The summed E-state index contributed by atoms with van der Waals surface area (Å²) in [5.41, 5.74) is 16.0. The maximum absolute atomic E-state index is 12.2. The fourth-order valence-corrected chi connectivity index (χ4v) is 4.97. The molecule has 4 N–H and O–H groups in total. The average Bonchev–Trinajstić information content (AvgIpc) is 3.12. The van der Waals surface area contributed by atoms with Gasteiger partial charge >= 0.3 is 0 Å². The van der Waals surface area contributed by atoms with Crippen molar-refractivity contribution in [2.45, 2.75) is 6.54 Å². The van der Waals surface area contributed by atoms with Crippen LogP contribution in [0, 0.1) is 6.07 Å². The van der Waals surface area contributed by atoms with Crippen molar-refractivity contribution in [2.75, 3.05) is 0 Å². The Hall–Kier alpha value is -3.80. The lowest BCUT2D eigenvalue weighted by molar-refractivity contribution is 0.0992. The highest BCUT2D eigenvalue weighted by atomic mass is 35.5. The third-order valence-corrected chi connectivity index (χ3v) is 6.49. The van der Waals surface area contributed by atoms with Crippen LogP contribution in [0.3, 0.4) is 0 Å². The Labute approximate surface area is 205 Å². The van der Waals surface area contributed by atoms with Crippen molar-refractivity contribution >= 4 is 56.8 Å². The Bertz CT molecular complexity index is 1600. The Morgan fingerprint density at radius 1 is 0.853 bits per heavy atom. The summed E-state index contributed by atoms with van der Waals surface area (Å²) in [5.74, 6) is -1.02. The molecular weight excluding hydrogens is 469 g/mol. The second kappa shape index (κ2) is 8.52. The molecule has 0 spiro atoms. The average molecular weight is 487 g/mol. The zero-order valence-corrected chi connectivity index (χ0v) is 19.3. The molecule has 5 aromatic rings. The van der Waals surface area contributed by atoms with Gasteiger partial charge in [0.2, 0.25) is 11.8 Å². The molecule has 5 nitrogen and oxygen atoms in total. The molecule has 0 saturated heterocycles. The summed E-state index contributed by atoms with van der Waals surface area (Å²) in [5, 5.41) is 2.51. The fraction of sp³-hybridized carbons (Fsp3) is 0.0370. The third-order valence-electron chi connectivity index (χ3n) is 5.86. The molecule has 2 amide bonds. The highest BCUT2D eigenvalue weighted by molar-refractivity contribution is 6.39. The monoisotopic (exact) mass is 486 g/mol. The Kier molecular flexibility index (Phi) is 5.52. The van der Waals surface area contributed by atoms with Crippen molar-refractivity contribution in [1.29, 1.82) is 0 Å². The van der Waals surface area contributed by atoms with E-state index >= 15 is 0 Å². The van der Waals surface area contributed by atoms with Crippen molar-refractivity contribution in [3.05, 3.63) is 106 Å². The van der Waals surface area contributed by atoms with Crippen LogP contribution in [0.4, 0.5) is 0 Å². The molecule has 0 atom stereocenters. The van der Waals surface area contributed by atoms with E-state index in [1.807, 2.05) is 24.3 Å². The van der Waals surface area contributed by atoms with Gasteiger partial charge in [0.25, 0.3) is 0 Å². The molecule has 1 radical (unpaired) electrons. The number of carbonyl (C=O) groups excluding carboxylic acids is 2. The molecule has 5 rings (SSSR count). The molecule has 1 aromatic heterocycles. The lowest BCUT2D eigenvalue weighted by Gasteiger charge is -2.11. The van der Waals surface area contributed by atoms with Crippen LogP contribution in [0.2, 0.25) is 10.0 Å². The minimum Gasteiger partial charge on any atom is -0.366 e. The lowest BCUT2D eigenvalue weighted by Crippen LogP contribution is -2.12. The van der Waals surface area contributed by atoms with Crippen LogP contribution in [0.5, 0.6) is 0 Å². The summed E-state index contributed by atoms with van der Waals surface area (Å²) in [4.78, 5) is 23.9. The number of nitrogens with two attached hydrogens (primary N) is 2. The van der Waals surface area contributed by atoms with E-state index in [1.54, 1.807) is 48.5 Å². The normalized spacial score (nSPS) is 11.2. The highest BCUT2D eigenvalue weighted by Gasteiger charge is 2.19. The lowest BCUT2D eigenvalue weighted by atomic mass is 10.0. The Morgan fingerprint density at radius 3 is 2.26 bits per heavy atom. The molecular formula is C27H18Cl2N3O2. The predicted octanol–water partition coefficient (Wildman–Crippen LogP) is 5.81. The van der Waals surface area contributed by atoms with Crippen LogP contribution in [0.25, 0.3) is 32.9 Å². The SMILES string of the molecule is NC(=O)c1cccc(Cn2c3cc(-c4c(Cl)cccc4Cl)c[c]c3c3c(C(N)=O)cccc32)c1. The molecule has 1 heterocycles. The van der Waals surface area contributed by atoms with Crippen molar-refractivity contribution in [3.8, 4) is 11.1 Å². The van der Waals surface area contributed by atoms with E-state index in [-0.39, 0.29) is 0 Å². The van der Waals surface area contributed by atoms with Gasteiger partial charge in [0, 0.05) is 44.1 Å². The van der Waals surface area contributed by atoms with Crippen LogP contribution in [-0.4, -0.2) is 16.4 Å². The molecule has 4 aromatic carbocycles. The maximum Gasteiger partial charge on any atom is 0.249 e. The first-order chi connectivity index (χ1) is 16.3. The molecule has 0 fully saturated rings. The molecule has 0 saturated carbocycles. The van der Waals surface area contributed by atoms with Crippen molar-refractivity contribution in [1.82, 2.24) is 4.57 Å².